The van der Waals surface area contributed by atoms with Crippen LogP contribution in [0.15, 0.2) is 5.16 Å². The lowest BCUT2D eigenvalue weighted by Gasteiger charge is -2.18. The Morgan fingerprint density at radius 3 is 2.92 bits per heavy atom. The van der Waals surface area contributed by atoms with Crippen LogP contribution >= 0.6 is 0 Å². The largest absolute Gasteiger partial charge is 0.409 e. The summed E-state index contributed by atoms with van der Waals surface area (Å²) in [5.41, 5.74) is 5.31. The van der Waals surface area contributed by atoms with E-state index in [0.717, 1.165) is 19.3 Å². The van der Waals surface area contributed by atoms with E-state index in [9.17, 15) is 0 Å². The molecule has 1 aliphatic rings. The van der Waals surface area contributed by atoms with E-state index in [1.807, 2.05) is 0 Å². The molecule has 5 N–H and O–H groups in total. The molecule has 2 unspecified atom stereocenters. The van der Waals surface area contributed by atoms with Crippen molar-refractivity contribution in [1.82, 2.24) is 5.32 Å². The summed E-state index contributed by atoms with van der Waals surface area (Å²) in [7, 11) is 0. The van der Waals surface area contributed by atoms with Crippen molar-refractivity contribution < 1.29 is 10.3 Å². The molecule has 0 aliphatic heterocycles. The lowest BCUT2D eigenvalue weighted by Crippen LogP contribution is -2.39. The first kappa shape index (κ1) is 10.3. The van der Waals surface area contributed by atoms with Gasteiger partial charge in [0.2, 0.25) is 0 Å². The number of nitrogens with two attached hydrogens (primary N) is 1. The molecule has 5 heteroatoms. The maximum absolute atomic E-state index is 9.01. The molecule has 0 heterocycles. The van der Waals surface area contributed by atoms with Crippen LogP contribution in [0, 0.1) is 5.92 Å². The van der Waals surface area contributed by atoms with Gasteiger partial charge < -0.3 is 21.4 Å². The van der Waals surface area contributed by atoms with Crippen LogP contribution in [0.3, 0.4) is 0 Å². The summed E-state index contributed by atoms with van der Waals surface area (Å²) in [6.07, 6.45) is 3.26. The van der Waals surface area contributed by atoms with Gasteiger partial charge >= 0.3 is 0 Å². The Hall–Kier alpha value is -0.810. The normalized spacial score (nSPS) is 29.5. The predicted molar refractivity (Wildman–Crippen MR) is 49.6 cm³/mol. The molecule has 0 aromatic carbocycles. The van der Waals surface area contributed by atoms with E-state index < -0.39 is 0 Å². The Balaban J connectivity index is 2.27. The van der Waals surface area contributed by atoms with Gasteiger partial charge in [-0.05, 0) is 18.8 Å². The minimum atomic E-state index is 0.184. The van der Waals surface area contributed by atoms with Crippen LogP contribution in [0.2, 0.25) is 0 Å². The molecule has 5 nitrogen and oxygen atoms in total. The molecule has 13 heavy (non-hydrogen) atoms. The van der Waals surface area contributed by atoms with Crippen molar-refractivity contribution in [3.05, 3.63) is 0 Å². The van der Waals surface area contributed by atoms with Crippen LogP contribution in [-0.2, 0) is 0 Å². The van der Waals surface area contributed by atoms with Gasteiger partial charge in [0.1, 0.15) is 0 Å². The van der Waals surface area contributed by atoms with Gasteiger partial charge in [0.15, 0.2) is 5.84 Å². The lowest BCUT2D eigenvalue weighted by molar-refractivity contribution is 0.207. The van der Waals surface area contributed by atoms with Gasteiger partial charge in [0, 0.05) is 12.6 Å². The number of amidine groups is 1. The quantitative estimate of drug-likeness (QED) is 0.206. The first-order chi connectivity index (χ1) is 6.27. The van der Waals surface area contributed by atoms with E-state index in [1.54, 1.807) is 0 Å². The number of aliphatic hydroxyl groups excluding tert-OH is 1. The maximum Gasteiger partial charge on any atom is 0.153 e. The van der Waals surface area contributed by atoms with E-state index in [2.05, 4.69) is 10.5 Å². The van der Waals surface area contributed by atoms with Gasteiger partial charge in [-0.2, -0.15) is 0 Å². The van der Waals surface area contributed by atoms with Crippen molar-refractivity contribution in [2.75, 3.05) is 13.2 Å². The summed E-state index contributed by atoms with van der Waals surface area (Å²) in [4.78, 5) is 0. The molecule has 0 radical (unpaired) electrons. The first-order valence-corrected chi connectivity index (χ1v) is 4.58. The monoisotopic (exact) mass is 187 g/mol. The van der Waals surface area contributed by atoms with E-state index >= 15 is 0 Å². The molecule has 76 valence electrons. The number of oxime groups is 1. The smallest absolute Gasteiger partial charge is 0.153 e. The highest BCUT2D eigenvalue weighted by Gasteiger charge is 2.25. The number of aliphatic hydroxyl groups is 1. The van der Waals surface area contributed by atoms with Crippen LogP contribution in [-0.4, -0.2) is 35.3 Å². The highest BCUT2D eigenvalue weighted by Crippen LogP contribution is 2.24. The number of hydrogen-bond donors (Lipinski definition) is 4. The van der Waals surface area contributed by atoms with E-state index in [-0.39, 0.29) is 12.4 Å². The third kappa shape index (κ3) is 2.86. The van der Waals surface area contributed by atoms with E-state index in [4.69, 9.17) is 16.0 Å². The van der Waals surface area contributed by atoms with Crippen LogP contribution in [0.5, 0.6) is 0 Å². The van der Waals surface area contributed by atoms with Crippen LogP contribution in [0.1, 0.15) is 19.3 Å². The topological polar surface area (TPSA) is 90.9 Å². The second kappa shape index (κ2) is 5.04. The minimum Gasteiger partial charge on any atom is -0.409 e. The molecule has 0 aromatic heterocycles. The number of nitrogens with one attached hydrogen (secondary N) is 1. The van der Waals surface area contributed by atoms with E-state index in [0.29, 0.717) is 18.5 Å². The molecule has 0 aromatic rings. The zero-order chi connectivity index (χ0) is 9.68. The molecule has 1 aliphatic carbocycles. The summed E-state index contributed by atoms with van der Waals surface area (Å²) in [6, 6.07) is 0.310. The average molecular weight is 187 g/mol. The van der Waals surface area contributed by atoms with Crippen molar-refractivity contribution in [3.63, 3.8) is 0 Å². The third-order valence-corrected chi connectivity index (χ3v) is 2.57. The van der Waals surface area contributed by atoms with Gasteiger partial charge in [-0.1, -0.05) is 11.6 Å². The van der Waals surface area contributed by atoms with Gasteiger partial charge in [-0.15, -0.1) is 0 Å². The highest BCUT2D eigenvalue weighted by atomic mass is 16.4. The van der Waals surface area contributed by atoms with Crippen LogP contribution < -0.4 is 11.1 Å². The van der Waals surface area contributed by atoms with Gasteiger partial charge in [-0.3, -0.25) is 0 Å². The molecule has 1 fully saturated rings. The minimum absolute atomic E-state index is 0.184. The van der Waals surface area contributed by atoms with Gasteiger partial charge in [0.25, 0.3) is 0 Å². The van der Waals surface area contributed by atoms with Gasteiger partial charge in [0.05, 0.1) is 6.54 Å². The maximum atomic E-state index is 9.01. The fourth-order valence-corrected chi connectivity index (χ4v) is 1.80. The predicted octanol–water partition coefficient (Wildman–Crippen LogP) is -0.517. The zero-order valence-corrected chi connectivity index (χ0v) is 7.61. The van der Waals surface area contributed by atoms with Crippen molar-refractivity contribution in [2.24, 2.45) is 16.8 Å². The summed E-state index contributed by atoms with van der Waals surface area (Å²) >= 11 is 0. The number of nitrogens with zero attached hydrogens (tertiary/aromatic N) is 1. The molecule has 0 spiro atoms. The molecule has 0 amide bonds. The molecule has 1 rings (SSSR count). The molecule has 0 saturated heterocycles. The molecular weight excluding hydrogens is 170 g/mol. The second-order valence-electron chi connectivity index (χ2n) is 3.45. The average Bonchev–Trinajstić information content (AvgIpc) is 2.61. The van der Waals surface area contributed by atoms with Crippen molar-refractivity contribution >= 4 is 5.84 Å². The Bertz CT molecular complexity index is 184. The second-order valence-corrected chi connectivity index (χ2v) is 3.45. The summed E-state index contributed by atoms with van der Waals surface area (Å²) < 4.78 is 0. The Morgan fingerprint density at radius 1 is 1.54 bits per heavy atom. The Labute approximate surface area is 77.6 Å². The van der Waals surface area contributed by atoms with Crippen molar-refractivity contribution in [3.8, 4) is 0 Å². The summed E-state index contributed by atoms with van der Waals surface area (Å²) in [5.74, 6) is 0.509. The summed E-state index contributed by atoms with van der Waals surface area (Å²) in [5, 5.41) is 23.3. The van der Waals surface area contributed by atoms with Crippen LogP contribution in [0.25, 0.3) is 0 Å². The molecular formula is C8H17N3O2. The fraction of sp³-hybridized carbons (Fsp3) is 0.875. The van der Waals surface area contributed by atoms with Crippen molar-refractivity contribution in [1.29, 1.82) is 0 Å². The third-order valence-electron chi connectivity index (χ3n) is 2.57. The molecule has 2 atom stereocenters. The molecule has 0 bridgehead atoms. The lowest BCUT2D eigenvalue weighted by atomic mass is 10.1. The Morgan fingerprint density at radius 2 is 2.31 bits per heavy atom. The van der Waals surface area contributed by atoms with E-state index in [1.165, 1.54) is 0 Å². The fourth-order valence-electron chi connectivity index (χ4n) is 1.80. The standard InChI is InChI=1S/C8H17N3O2/c9-8(11-13)4-10-7-3-1-2-6(7)5-12/h6-7,10,12-13H,1-5H2,(H2,9,11). The zero-order valence-electron chi connectivity index (χ0n) is 7.61. The van der Waals surface area contributed by atoms with Crippen LogP contribution in [0.4, 0.5) is 0 Å². The SMILES string of the molecule is NC(CNC1CCCC1CO)=NO. The highest BCUT2D eigenvalue weighted by molar-refractivity contribution is 5.81. The Kier molecular flexibility index (Phi) is 3.98. The summed E-state index contributed by atoms with van der Waals surface area (Å²) in [6.45, 7) is 0.603. The van der Waals surface area contributed by atoms with Gasteiger partial charge in [-0.25, -0.2) is 0 Å². The first-order valence-electron chi connectivity index (χ1n) is 4.58. The van der Waals surface area contributed by atoms with Crippen molar-refractivity contribution in [2.45, 2.75) is 25.3 Å². The number of hydrogen-bond acceptors (Lipinski definition) is 4. The number of rotatable bonds is 4. The molecule has 1 saturated carbocycles.